The summed E-state index contributed by atoms with van der Waals surface area (Å²) in [6.45, 7) is 2.49. The molecule has 312 valence electrons. The van der Waals surface area contributed by atoms with Crippen LogP contribution in [-0.4, -0.2) is 142 Å². The topological polar surface area (TPSA) is 231 Å². The SMILES string of the molecule is CCCCCCCCCCCCC(=O)OC(COC(=O)CCCCCCCCC)COC1OC(COC2OC(CO)C(O)C(O)C2O)C(O)C(O)C1O. The van der Waals surface area contributed by atoms with Gasteiger partial charge < -0.3 is 64.2 Å². The van der Waals surface area contributed by atoms with Crippen molar-refractivity contribution in [3.63, 3.8) is 0 Å². The number of aliphatic hydroxyl groups is 7. The minimum Gasteiger partial charge on any atom is -0.462 e. The maximum Gasteiger partial charge on any atom is 0.306 e. The average molecular weight is 767 g/mol. The Labute approximate surface area is 315 Å². The van der Waals surface area contributed by atoms with Crippen molar-refractivity contribution in [3.05, 3.63) is 0 Å². The van der Waals surface area contributed by atoms with Crippen molar-refractivity contribution in [1.29, 1.82) is 0 Å². The number of carbonyl (C=O) groups excluding carboxylic acids is 2. The fraction of sp³-hybridized carbons (Fsp3) is 0.947. The molecule has 0 saturated carbocycles. The van der Waals surface area contributed by atoms with Crippen LogP contribution in [-0.2, 0) is 38.0 Å². The Kier molecular flexibility index (Phi) is 25.2. The van der Waals surface area contributed by atoms with Crippen molar-refractivity contribution in [2.45, 2.75) is 203 Å². The highest BCUT2D eigenvalue weighted by Crippen LogP contribution is 2.26. The van der Waals surface area contributed by atoms with Gasteiger partial charge in [-0.1, -0.05) is 110 Å². The molecule has 0 aromatic heterocycles. The quantitative estimate of drug-likeness (QED) is 0.0429. The molecule has 2 aliphatic rings. The maximum atomic E-state index is 12.8. The molecule has 2 saturated heterocycles. The predicted octanol–water partition coefficient (Wildman–Crippen LogP) is 2.53. The molecule has 0 spiro atoms. The second-order valence-corrected chi connectivity index (χ2v) is 14.5. The number of carbonyl (C=O) groups is 2. The third kappa shape index (κ3) is 18.3. The molecule has 15 nitrogen and oxygen atoms in total. The monoisotopic (exact) mass is 766 g/mol. The van der Waals surface area contributed by atoms with E-state index in [9.17, 15) is 45.3 Å². The Morgan fingerprint density at radius 2 is 0.962 bits per heavy atom. The van der Waals surface area contributed by atoms with E-state index in [2.05, 4.69) is 13.8 Å². The van der Waals surface area contributed by atoms with E-state index in [0.29, 0.717) is 12.8 Å². The second kappa shape index (κ2) is 28.0. The van der Waals surface area contributed by atoms with Gasteiger partial charge in [-0.3, -0.25) is 9.59 Å². The molecule has 0 radical (unpaired) electrons. The molecule has 2 rings (SSSR count). The standard InChI is InChI=1S/C38H70O15/c1-3-5-7-9-11-12-13-15-17-19-21-30(41)51-26(23-48-29(40)20-18-16-14-10-8-6-4-2)24-49-37-36(47)34(45)32(43)28(53-37)25-50-38-35(46)33(44)31(42)27(22-39)52-38/h26-28,31-39,42-47H,3-25H2,1-2H3. The summed E-state index contributed by atoms with van der Waals surface area (Å²) in [5.74, 6) is -0.931. The lowest BCUT2D eigenvalue weighted by atomic mass is 9.98. The zero-order chi connectivity index (χ0) is 39.0. The summed E-state index contributed by atoms with van der Waals surface area (Å²) in [7, 11) is 0. The van der Waals surface area contributed by atoms with Gasteiger partial charge in [0.25, 0.3) is 0 Å². The molecule has 11 unspecified atom stereocenters. The highest BCUT2D eigenvalue weighted by atomic mass is 16.7. The van der Waals surface area contributed by atoms with Gasteiger partial charge in [0.15, 0.2) is 18.7 Å². The van der Waals surface area contributed by atoms with Crippen LogP contribution in [0.1, 0.15) is 136 Å². The van der Waals surface area contributed by atoms with Gasteiger partial charge in [-0.05, 0) is 12.8 Å². The van der Waals surface area contributed by atoms with Crippen LogP contribution in [0.3, 0.4) is 0 Å². The molecule has 15 heteroatoms. The van der Waals surface area contributed by atoms with Gasteiger partial charge in [0.2, 0.25) is 0 Å². The first-order valence-electron chi connectivity index (χ1n) is 20.1. The average Bonchev–Trinajstić information content (AvgIpc) is 3.15. The van der Waals surface area contributed by atoms with E-state index < -0.39 is 92.7 Å². The summed E-state index contributed by atoms with van der Waals surface area (Å²) in [6.07, 6.45) is 1.95. The first kappa shape index (κ1) is 47.7. The lowest BCUT2D eigenvalue weighted by Gasteiger charge is -2.42. The number of hydrogen-bond donors (Lipinski definition) is 7. The fourth-order valence-electron chi connectivity index (χ4n) is 6.39. The van der Waals surface area contributed by atoms with Gasteiger partial charge in [0.05, 0.1) is 19.8 Å². The Hall–Kier alpha value is -1.50. The van der Waals surface area contributed by atoms with Crippen molar-refractivity contribution in [1.82, 2.24) is 0 Å². The van der Waals surface area contributed by atoms with Crippen LogP contribution in [0.15, 0.2) is 0 Å². The second-order valence-electron chi connectivity index (χ2n) is 14.5. The third-order valence-electron chi connectivity index (χ3n) is 9.84. The lowest BCUT2D eigenvalue weighted by molar-refractivity contribution is -0.332. The molecule has 2 aliphatic heterocycles. The molecular formula is C38H70O15. The van der Waals surface area contributed by atoms with Crippen molar-refractivity contribution < 1.29 is 73.8 Å². The molecule has 0 aromatic rings. The van der Waals surface area contributed by atoms with Crippen molar-refractivity contribution >= 4 is 11.9 Å². The van der Waals surface area contributed by atoms with Crippen LogP contribution < -0.4 is 0 Å². The fourth-order valence-corrected chi connectivity index (χ4v) is 6.39. The largest absolute Gasteiger partial charge is 0.462 e. The number of esters is 2. The predicted molar refractivity (Wildman–Crippen MR) is 192 cm³/mol. The van der Waals surface area contributed by atoms with Crippen LogP contribution in [0.25, 0.3) is 0 Å². The van der Waals surface area contributed by atoms with E-state index in [-0.39, 0.29) is 26.1 Å². The summed E-state index contributed by atoms with van der Waals surface area (Å²) in [5, 5.41) is 71.5. The molecule has 2 fully saturated rings. The molecule has 53 heavy (non-hydrogen) atoms. The summed E-state index contributed by atoms with van der Waals surface area (Å²) < 4.78 is 33.2. The summed E-state index contributed by atoms with van der Waals surface area (Å²) in [5.41, 5.74) is 0. The van der Waals surface area contributed by atoms with Crippen LogP contribution in [0.2, 0.25) is 0 Å². The summed E-state index contributed by atoms with van der Waals surface area (Å²) >= 11 is 0. The van der Waals surface area contributed by atoms with Gasteiger partial charge in [-0.15, -0.1) is 0 Å². The van der Waals surface area contributed by atoms with Gasteiger partial charge in [-0.2, -0.15) is 0 Å². The molecule has 7 N–H and O–H groups in total. The minimum absolute atomic E-state index is 0.170. The summed E-state index contributed by atoms with van der Waals surface area (Å²) in [6, 6.07) is 0. The molecule has 2 heterocycles. The van der Waals surface area contributed by atoms with E-state index in [4.69, 9.17) is 28.4 Å². The van der Waals surface area contributed by atoms with Gasteiger partial charge in [0, 0.05) is 12.8 Å². The number of aliphatic hydroxyl groups excluding tert-OH is 7. The normalized spacial score (nSPS) is 29.5. The van der Waals surface area contributed by atoms with Crippen LogP contribution in [0.4, 0.5) is 0 Å². The molecule has 0 aromatic carbocycles. The van der Waals surface area contributed by atoms with E-state index in [1.54, 1.807) is 0 Å². The highest BCUT2D eigenvalue weighted by Gasteiger charge is 2.47. The number of unbranched alkanes of at least 4 members (excludes halogenated alkanes) is 15. The van der Waals surface area contributed by atoms with E-state index >= 15 is 0 Å². The summed E-state index contributed by atoms with van der Waals surface area (Å²) in [4.78, 5) is 25.3. The molecule has 0 amide bonds. The molecule has 0 aliphatic carbocycles. The number of hydrogen-bond acceptors (Lipinski definition) is 15. The van der Waals surface area contributed by atoms with Crippen molar-refractivity contribution in [2.75, 3.05) is 26.4 Å². The van der Waals surface area contributed by atoms with E-state index in [1.165, 1.54) is 51.4 Å². The van der Waals surface area contributed by atoms with Gasteiger partial charge in [0.1, 0.15) is 55.4 Å². The molecular weight excluding hydrogens is 696 g/mol. The highest BCUT2D eigenvalue weighted by molar-refractivity contribution is 5.70. The van der Waals surface area contributed by atoms with Crippen molar-refractivity contribution in [3.8, 4) is 0 Å². The Bertz CT molecular complexity index is 955. The molecule has 11 atom stereocenters. The van der Waals surface area contributed by atoms with Crippen LogP contribution in [0, 0.1) is 0 Å². The van der Waals surface area contributed by atoms with Crippen molar-refractivity contribution in [2.24, 2.45) is 0 Å². The van der Waals surface area contributed by atoms with Crippen LogP contribution in [0.5, 0.6) is 0 Å². The van der Waals surface area contributed by atoms with E-state index in [1.807, 2.05) is 0 Å². The zero-order valence-corrected chi connectivity index (χ0v) is 32.0. The van der Waals surface area contributed by atoms with E-state index in [0.717, 1.165) is 44.9 Å². The Balaban J connectivity index is 1.91. The first-order chi connectivity index (χ1) is 25.5. The minimum atomic E-state index is -1.76. The van der Waals surface area contributed by atoms with Gasteiger partial charge in [-0.25, -0.2) is 0 Å². The zero-order valence-electron chi connectivity index (χ0n) is 32.0. The first-order valence-corrected chi connectivity index (χ1v) is 20.1. The Morgan fingerprint density at radius 3 is 1.47 bits per heavy atom. The maximum absolute atomic E-state index is 12.8. The third-order valence-corrected chi connectivity index (χ3v) is 9.84. The van der Waals surface area contributed by atoms with Crippen LogP contribution >= 0.6 is 0 Å². The Morgan fingerprint density at radius 1 is 0.528 bits per heavy atom. The molecule has 0 bridgehead atoms. The van der Waals surface area contributed by atoms with Gasteiger partial charge >= 0.3 is 11.9 Å². The number of rotatable bonds is 29. The smallest absolute Gasteiger partial charge is 0.306 e. The number of ether oxygens (including phenoxy) is 6. The lowest BCUT2D eigenvalue weighted by Crippen LogP contribution is -2.61.